The fraction of sp³-hybridized carbons (Fsp3) is 0.450. The molecule has 2 heterocycles. The molecule has 156 valence electrons. The number of thioether (sulfide) groups is 1. The van der Waals surface area contributed by atoms with Crippen LogP contribution in [-0.4, -0.2) is 54.5 Å². The molecule has 0 radical (unpaired) electrons. The molecule has 1 fully saturated rings. The molecule has 1 aromatic carbocycles. The molecule has 0 unspecified atom stereocenters. The second-order valence-corrected chi connectivity index (χ2v) is 8.82. The van der Waals surface area contributed by atoms with Gasteiger partial charge in [-0.05, 0) is 40.8 Å². The van der Waals surface area contributed by atoms with E-state index in [0.29, 0.717) is 19.3 Å². The van der Waals surface area contributed by atoms with Gasteiger partial charge in [-0.25, -0.2) is 4.79 Å². The fourth-order valence-electron chi connectivity index (χ4n) is 3.17. The third-order valence-electron chi connectivity index (χ3n) is 4.84. The summed E-state index contributed by atoms with van der Waals surface area (Å²) in [6.45, 7) is 0.287. The molecule has 0 saturated carbocycles. The highest BCUT2D eigenvalue weighted by atomic mass is 32.2. The van der Waals surface area contributed by atoms with E-state index in [4.69, 9.17) is 10.5 Å². The molecule has 4 N–H and O–H groups in total. The number of nitrogens with one attached hydrogen (secondary N) is 2. The molecule has 0 spiro atoms. The van der Waals surface area contributed by atoms with E-state index in [-0.39, 0.29) is 12.5 Å². The number of thiophene rings is 1. The van der Waals surface area contributed by atoms with Gasteiger partial charge in [0.15, 0.2) is 0 Å². The minimum atomic E-state index is -0.825. The zero-order valence-electron chi connectivity index (χ0n) is 16.2. The van der Waals surface area contributed by atoms with Crippen molar-refractivity contribution < 1.29 is 19.1 Å². The summed E-state index contributed by atoms with van der Waals surface area (Å²) in [5.41, 5.74) is 6.94. The topological polar surface area (TPSA) is 111 Å². The lowest BCUT2D eigenvalue weighted by molar-refractivity contribution is -0.141. The van der Waals surface area contributed by atoms with Crippen molar-refractivity contribution in [3.05, 3.63) is 35.2 Å². The SMILES string of the molecule is CSCC[C@H](N)C(=O)N[C@@H](Cc1csc2ccccc12)C(=O)N[C@H]1CCOC1=O. The number of carbonyl (C=O) groups excluding carboxylic acids is 3. The predicted octanol–water partition coefficient (Wildman–Crippen LogP) is 1.44. The molecule has 29 heavy (non-hydrogen) atoms. The monoisotopic (exact) mass is 435 g/mol. The van der Waals surface area contributed by atoms with Crippen LogP contribution >= 0.6 is 23.1 Å². The molecular formula is C20H25N3O4S2. The third-order valence-corrected chi connectivity index (χ3v) is 6.50. The number of rotatable bonds is 9. The standard InChI is InChI=1S/C20H25N3O4S2/c1-28-9-7-14(21)18(24)23-16(19(25)22-15-6-8-27-20(15)26)10-12-11-29-17-5-3-2-4-13(12)17/h2-5,11,14-16H,6-10,21H2,1H3,(H,22,25)(H,23,24)/t14-,15-,16-/m0/s1. The van der Waals surface area contributed by atoms with Crippen LogP contribution in [0.25, 0.3) is 10.1 Å². The van der Waals surface area contributed by atoms with Crippen LogP contribution in [0.4, 0.5) is 0 Å². The average Bonchev–Trinajstić information content (AvgIpc) is 3.31. The van der Waals surface area contributed by atoms with Gasteiger partial charge in [-0.3, -0.25) is 9.59 Å². The fourth-order valence-corrected chi connectivity index (χ4v) is 4.64. The van der Waals surface area contributed by atoms with Gasteiger partial charge < -0.3 is 21.1 Å². The third kappa shape index (κ3) is 5.49. The Morgan fingerprint density at radius 2 is 2.14 bits per heavy atom. The molecule has 1 aliphatic rings. The van der Waals surface area contributed by atoms with E-state index >= 15 is 0 Å². The largest absolute Gasteiger partial charge is 0.464 e. The lowest BCUT2D eigenvalue weighted by atomic mass is 10.0. The van der Waals surface area contributed by atoms with Gasteiger partial charge in [-0.2, -0.15) is 11.8 Å². The quantitative estimate of drug-likeness (QED) is 0.514. The molecule has 0 aliphatic carbocycles. The molecule has 2 amide bonds. The first-order chi connectivity index (χ1) is 14.0. The zero-order valence-corrected chi connectivity index (χ0v) is 17.8. The highest BCUT2D eigenvalue weighted by molar-refractivity contribution is 7.98. The first-order valence-corrected chi connectivity index (χ1v) is 11.7. The molecular weight excluding hydrogens is 410 g/mol. The lowest BCUT2D eigenvalue weighted by Crippen LogP contribution is -2.54. The van der Waals surface area contributed by atoms with E-state index in [1.54, 1.807) is 23.1 Å². The Balaban J connectivity index is 1.75. The molecule has 1 saturated heterocycles. The summed E-state index contributed by atoms with van der Waals surface area (Å²) in [4.78, 5) is 37.2. The smallest absolute Gasteiger partial charge is 0.328 e. The first-order valence-electron chi connectivity index (χ1n) is 9.46. The normalized spacial score (nSPS) is 18.3. The number of cyclic esters (lactones) is 1. The van der Waals surface area contributed by atoms with Crippen molar-refractivity contribution in [3.8, 4) is 0 Å². The maximum atomic E-state index is 12.9. The Morgan fingerprint density at radius 3 is 2.86 bits per heavy atom. The maximum Gasteiger partial charge on any atom is 0.328 e. The van der Waals surface area contributed by atoms with E-state index in [1.807, 2.05) is 35.9 Å². The van der Waals surface area contributed by atoms with Crippen molar-refractivity contribution in [2.45, 2.75) is 37.4 Å². The van der Waals surface area contributed by atoms with Gasteiger partial charge in [-0.15, -0.1) is 11.3 Å². The van der Waals surface area contributed by atoms with E-state index in [9.17, 15) is 14.4 Å². The van der Waals surface area contributed by atoms with Crippen molar-refractivity contribution in [1.82, 2.24) is 10.6 Å². The number of fused-ring (bicyclic) bond motifs is 1. The number of ether oxygens (including phenoxy) is 1. The Hall–Kier alpha value is -2.10. The van der Waals surface area contributed by atoms with Crippen molar-refractivity contribution in [2.24, 2.45) is 5.73 Å². The van der Waals surface area contributed by atoms with Gasteiger partial charge in [-0.1, -0.05) is 18.2 Å². The molecule has 3 rings (SSSR count). The lowest BCUT2D eigenvalue weighted by Gasteiger charge is -2.21. The van der Waals surface area contributed by atoms with Crippen LogP contribution in [0.5, 0.6) is 0 Å². The average molecular weight is 436 g/mol. The number of benzene rings is 1. The molecule has 2 aromatic rings. The summed E-state index contributed by atoms with van der Waals surface area (Å²) in [6, 6.07) is 5.74. The van der Waals surface area contributed by atoms with Crippen molar-refractivity contribution in [2.75, 3.05) is 18.6 Å². The zero-order chi connectivity index (χ0) is 20.8. The van der Waals surface area contributed by atoms with Gasteiger partial charge in [0.1, 0.15) is 12.1 Å². The highest BCUT2D eigenvalue weighted by Crippen LogP contribution is 2.26. The summed E-state index contributed by atoms with van der Waals surface area (Å²) in [5, 5.41) is 8.54. The Kier molecular flexibility index (Phi) is 7.51. The first kappa shape index (κ1) is 21.6. The van der Waals surface area contributed by atoms with Gasteiger partial charge in [0.05, 0.1) is 12.6 Å². The van der Waals surface area contributed by atoms with Crippen LogP contribution in [0.15, 0.2) is 29.6 Å². The predicted molar refractivity (Wildman–Crippen MR) is 116 cm³/mol. The highest BCUT2D eigenvalue weighted by Gasteiger charge is 2.32. The number of nitrogens with two attached hydrogens (primary N) is 1. The number of hydrogen-bond donors (Lipinski definition) is 3. The molecule has 9 heteroatoms. The Labute approximate surface area is 177 Å². The number of esters is 1. The minimum Gasteiger partial charge on any atom is -0.464 e. The number of carbonyl (C=O) groups is 3. The summed E-state index contributed by atoms with van der Waals surface area (Å²) < 4.78 is 6.03. The molecule has 0 bridgehead atoms. The van der Waals surface area contributed by atoms with Crippen molar-refractivity contribution >= 4 is 51.0 Å². The van der Waals surface area contributed by atoms with Crippen LogP contribution in [-0.2, 0) is 25.5 Å². The van der Waals surface area contributed by atoms with Crippen molar-refractivity contribution in [3.63, 3.8) is 0 Å². The van der Waals surface area contributed by atoms with E-state index in [1.165, 1.54) is 0 Å². The second-order valence-electron chi connectivity index (χ2n) is 6.93. The van der Waals surface area contributed by atoms with Gasteiger partial charge >= 0.3 is 5.97 Å². The van der Waals surface area contributed by atoms with Gasteiger partial charge in [0, 0.05) is 17.5 Å². The van der Waals surface area contributed by atoms with Crippen LogP contribution in [0, 0.1) is 0 Å². The van der Waals surface area contributed by atoms with Gasteiger partial charge in [0.25, 0.3) is 0 Å². The van der Waals surface area contributed by atoms with E-state index in [0.717, 1.165) is 21.4 Å². The summed E-state index contributed by atoms with van der Waals surface area (Å²) in [5.74, 6) is -0.461. The number of hydrogen-bond acceptors (Lipinski definition) is 7. The minimum absolute atomic E-state index is 0.287. The van der Waals surface area contributed by atoms with Crippen LogP contribution in [0.2, 0.25) is 0 Å². The molecule has 1 aromatic heterocycles. The van der Waals surface area contributed by atoms with Crippen LogP contribution in [0.3, 0.4) is 0 Å². The molecule has 1 aliphatic heterocycles. The Bertz CT molecular complexity index is 885. The Morgan fingerprint density at radius 1 is 1.34 bits per heavy atom. The maximum absolute atomic E-state index is 12.9. The van der Waals surface area contributed by atoms with E-state index < -0.39 is 30.0 Å². The number of amides is 2. The second kappa shape index (κ2) is 10.1. The summed E-state index contributed by atoms with van der Waals surface area (Å²) in [7, 11) is 0. The molecule has 3 atom stereocenters. The summed E-state index contributed by atoms with van der Waals surface area (Å²) in [6.07, 6.45) is 3.22. The van der Waals surface area contributed by atoms with Gasteiger partial charge in [0.2, 0.25) is 11.8 Å². The van der Waals surface area contributed by atoms with Crippen molar-refractivity contribution in [1.29, 1.82) is 0 Å². The molecule has 7 nitrogen and oxygen atoms in total. The van der Waals surface area contributed by atoms with Crippen LogP contribution in [0.1, 0.15) is 18.4 Å². The van der Waals surface area contributed by atoms with Crippen LogP contribution < -0.4 is 16.4 Å². The summed E-state index contributed by atoms with van der Waals surface area (Å²) >= 11 is 3.20. The van der Waals surface area contributed by atoms with E-state index in [2.05, 4.69) is 10.6 Å².